The molecule has 0 spiro atoms. The molecule has 62 heavy (non-hydrogen) atoms. The molecule has 0 fully saturated rings. The molecule has 0 aliphatic heterocycles. The maximum atomic E-state index is 12.8. The lowest BCUT2D eigenvalue weighted by Gasteiger charge is -2.18. The second kappa shape index (κ2) is 50.8. The van der Waals surface area contributed by atoms with Crippen LogP contribution in [0.15, 0.2) is 60.8 Å². The van der Waals surface area contributed by atoms with E-state index in [0.717, 1.165) is 83.5 Å². The molecule has 0 saturated heterocycles. The third-order valence-electron chi connectivity index (χ3n) is 11.4. The summed E-state index contributed by atoms with van der Waals surface area (Å²) in [6.45, 7) is 6.46. The van der Waals surface area contributed by atoms with E-state index in [1.54, 1.807) is 0 Å². The van der Waals surface area contributed by atoms with Crippen LogP contribution < -0.4 is 0 Å². The summed E-state index contributed by atoms with van der Waals surface area (Å²) in [5, 5.41) is 0. The molecule has 0 aromatic heterocycles. The number of carbonyl (C=O) groups is 3. The molecule has 0 bridgehead atoms. The van der Waals surface area contributed by atoms with Gasteiger partial charge in [0.25, 0.3) is 0 Å². The smallest absolute Gasteiger partial charge is 0.306 e. The van der Waals surface area contributed by atoms with Gasteiger partial charge < -0.3 is 14.2 Å². The van der Waals surface area contributed by atoms with Crippen molar-refractivity contribution in [3.63, 3.8) is 0 Å². The van der Waals surface area contributed by atoms with Gasteiger partial charge in [-0.25, -0.2) is 0 Å². The molecule has 6 heteroatoms. The largest absolute Gasteiger partial charge is 0.462 e. The highest BCUT2D eigenvalue weighted by Gasteiger charge is 2.19. The minimum atomic E-state index is -0.797. The van der Waals surface area contributed by atoms with Crippen molar-refractivity contribution in [3.05, 3.63) is 60.8 Å². The van der Waals surface area contributed by atoms with Crippen molar-refractivity contribution in [2.75, 3.05) is 13.2 Å². The van der Waals surface area contributed by atoms with E-state index in [1.165, 1.54) is 135 Å². The maximum absolute atomic E-state index is 12.8. The number of unbranched alkanes of at least 4 members (excludes halogenated alkanes) is 29. The van der Waals surface area contributed by atoms with Crippen LogP contribution in [0.25, 0.3) is 0 Å². The van der Waals surface area contributed by atoms with Crippen LogP contribution >= 0.6 is 0 Å². The van der Waals surface area contributed by atoms with E-state index in [4.69, 9.17) is 14.2 Å². The quantitative estimate of drug-likeness (QED) is 0.0199. The van der Waals surface area contributed by atoms with Gasteiger partial charge in [-0.2, -0.15) is 0 Å². The zero-order valence-electron chi connectivity index (χ0n) is 40.9. The molecular formula is C56H98O6. The summed E-state index contributed by atoms with van der Waals surface area (Å²) in [4.78, 5) is 37.9. The fourth-order valence-corrected chi connectivity index (χ4v) is 7.39. The fourth-order valence-electron chi connectivity index (χ4n) is 7.39. The van der Waals surface area contributed by atoms with E-state index in [1.807, 2.05) is 36.5 Å². The van der Waals surface area contributed by atoms with Crippen molar-refractivity contribution >= 4 is 17.9 Å². The Labute approximate surface area is 383 Å². The van der Waals surface area contributed by atoms with Crippen molar-refractivity contribution in [3.8, 4) is 0 Å². The van der Waals surface area contributed by atoms with Crippen molar-refractivity contribution in [2.24, 2.45) is 0 Å². The molecule has 0 rings (SSSR count). The molecule has 0 aliphatic carbocycles. The number of rotatable bonds is 47. The Balaban J connectivity index is 4.39. The van der Waals surface area contributed by atoms with E-state index >= 15 is 0 Å². The molecule has 0 aromatic rings. The number of ether oxygens (including phenoxy) is 3. The first kappa shape index (κ1) is 59.1. The molecule has 358 valence electrons. The summed E-state index contributed by atoms with van der Waals surface area (Å²) < 4.78 is 16.8. The van der Waals surface area contributed by atoms with Crippen LogP contribution in [0, 0.1) is 0 Å². The summed E-state index contributed by atoms with van der Waals surface area (Å²) in [6, 6.07) is 0. The SMILES string of the molecule is CC\C=C/C=C\C=C/C=C\CCCCCC(=O)OC(COC(=O)CCCCC/C=C\CCCCCCCC)COC(=O)CCCCCCCCCCCCCCCCCCCC. The van der Waals surface area contributed by atoms with Crippen LogP contribution in [-0.2, 0) is 28.6 Å². The fraction of sp³-hybridized carbons (Fsp3) is 0.768. The Morgan fingerprint density at radius 1 is 0.339 bits per heavy atom. The summed E-state index contributed by atoms with van der Waals surface area (Å²) in [5.41, 5.74) is 0. The number of hydrogen-bond donors (Lipinski definition) is 0. The predicted molar refractivity (Wildman–Crippen MR) is 265 cm³/mol. The van der Waals surface area contributed by atoms with E-state index in [0.29, 0.717) is 12.8 Å². The molecule has 0 N–H and O–H groups in total. The van der Waals surface area contributed by atoms with E-state index in [2.05, 4.69) is 45.1 Å². The van der Waals surface area contributed by atoms with Gasteiger partial charge in [-0.1, -0.05) is 236 Å². The highest BCUT2D eigenvalue weighted by molar-refractivity contribution is 5.71. The first-order valence-corrected chi connectivity index (χ1v) is 26.3. The van der Waals surface area contributed by atoms with Gasteiger partial charge >= 0.3 is 17.9 Å². The van der Waals surface area contributed by atoms with E-state index in [9.17, 15) is 14.4 Å². The standard InChI is InChI=1S/C56H98O6/c1-4-7-10-13-16-19-22-25-26-27-28-29-32-34-37-40-43-46-49-55(58)61-52-53(62-56(59)50-47-44-41-38-35-31-24-21-18-15-12-9-6-3)51-60-54(57)48-45-42-39-36-33-30-23-20-17-14-11-8-5-2/h9,12,15,18,21,24,30-31,33,35,53H,4-8,10-11,13-14,16-17,19-20,22-23,25-29,32,34,36-52H2,1-3H3/b12-9-,18-15-,24-21-,33-30-,35-31-. The summed E-state index contributed by atoms with van der Waals surface area (Å²) in [7, 11) is 0. The minimum Gasteiger partial charge on any atom is -0.462 e. The number of hydrogen-bond acceptors (Lipinski definition) is 6. The lowest BCUT2D eigenvalue weighted by atomic mass is 10.0. The Bertz CT molecular complexity index is 1130. The Morgan fingerprint density at radius 3 is 1.05 bits per heavy atom. The maximum Gasteiger partial charge on any atom is 0.306 e. The van der Waals surface area contributed by atoms with Crippen LogP contribution in [0.2, 0.25) is 0 Å². The molecule has 6 nitrogen and oxygen atoms in total. The van der Waals surface area contributed by atoms with Crippen molar-refractivity contribution < 1.29 is 28.6 Å². The van der Waals surface area contributed by atoms with Crippen LogP contribution in [0.3, 0.4) is 0 Å². The van der Waals surface area contributed by atoms with Crippen LogP contribution in [-0.4, -0.2) is 37.2 Å². The number of allylic oxidation sites excluding steroid dienone is 10. The first-order chi connectivity index (χ1) is 30.5. The number of esters is 3. The summed E-state index contributed by atoms with van der Waals surface area (Å²) in [5.74, 6) is -0.943. The first-order valence-electron chi connectivity index (χ1n) is 26.3. The average Bonchev–Trinajstić information content (AvgIpc) is 3.27. The summed E-state index contributed by atoms with van der Waals surface area (Å²) >= 11 is 0. The van der Waals surface area contributed by atoms with Gasteiger partial charge in [0.15, 0.2) is 6.10 Å². The molecule has 0 radical (unpaired) electrons. The minimum absolute atomic E-state index is 0.0929. The van der Waals surface area contributed by atoms with Gasteiger partial charge in [-0.05, 0) is 64.2 Å². The van der Waals surface area contributed by atoms with Gasteiger partial charge in [0.2, 0.25) is 0 Å². The molecule has 1 unspecified atom stereocenters. The summed E-state index contributed by atoms with van der Waals surface area (Å²) in [6.07, 6.45) is 62.1. The highest BCUT2D eigenvalue weighted by atomic mass is 16.6. The molecule has 0 amide bonds. The van der Waals surface area contributed by atoms with Gasteiger partial charge in [0, 0.05) is 19.3 Å². The van der Waals surface area contributed by atoms with Crippen molar-refractivity contribution in [2.45, 2.75) is 264 Å². The van der Waals surface area contributed by atoms with Gasteiger partial charge in [-0.3, -0.25) is 14.4 Å². The average molecular weight is 867 g/mol. The van der Waals surface area contributed by atoms with E-state index in [-0.39, 0.29) is 37.5 Å². The van der Waals surface area contributed by atoms with Crippen LogP contribution in [0.5, 0.6) is 0 Å². The normalized spacial score (nSPS) is 12.5. The van der Waals surface area contributed by atoms with E-state index < -0.39 is 6.10 Å². The van der Waals surface area contributed by atoms with Crippen molar-refractivity contribution in [1.82, 2.24) is 0 Å². The monoisotopic (exact) mass is 867 g/mol. The zero-order chi connectivity index (χ0) is 45.1. The second-order valence-electron chi connectivity index (χ2n) is 17.5. The Hall–Kier alpha value is -2.89. The molecule has 0 saturated carbocycles. The molecule has 0 heterocycles. The highest BCUT2D eigenvalue weighted by Crippen LogP contribution is 2.16. The second-order valence-corrected chi connectivity index (χ2v) is 17.5. The molecule has 1 atom stereocenters. The molecule has 0 aromatic carbocycles. The van der Waals surface area contributed by atoms with Crippen LogP contribution in [0.4, 0.5) is 0 Å². The topological polar surface area (TPSA) is 78.9 Å². The van der Waals surface area contributed by atoms with Crippen LogP contribution in [0.1, 0.15) is 258 Å². The zero-order valence-corrected chi connectivity index (χ0v) is 40.9. The Morgan fingerprint density at radius 2 is 0.645 bits per heavy atom. The number of carbonyl (C=O) groups excluding carboxylic acids is 3. The lowest BCUT2D eigenvalue weighted by Crippen LogP contribution is -2.30. The predicted octanol–water partition coefficient (Wildman–Crippen LogP) is 17.3. The molecular weight excluding hydrogens is 769 g/mol. The molecule has 0 aliphatic rings. The van der Waals surface area contributed by atoms with Crippen molar-refractivity contribution in [1.29, 1.82) is 0 Å². The van der Waals surface area contributed by atoms with Gasteiger partial charge in [0.05, 0.1) is 0 Å². The Kier molecular flexibility index (Phi) is 48.4. The van der Waals surface area contributed by atoms with Gasteiger partial charge in [-0.15, -0.1) is 0 Å². The lowest BCUT2D eigenvalue weighted by molar-refractivity contribution is -0.167. The van der Waals surface area contributed by atoms with Gasteiger partial charge in [0.1, 0.15) is 13.2 Å². The third kappa shape index (κ3) is 48.1. The third-order valence-corrected chi connectivity index (χ3v) is 11.4.